The summed E-state index contributed by atoms with van der Waals surface area (Å²) < 4.78 is 2.05. The number of aromatic nitrogens is 1. The molecule has 2 heterocycles. The van der Waals surface area contributed by atoms with E-state index >= 15 is 0 Å². The van der Waals surface area contributed by atoms with Gasteiger partial charge < -0.3 is 0 Å². The summed E-state index contributed by atoms with van der Waals surface area (Å²) in [6.07, 6.45) is 4.05. The lowest BCUT2D eigenvalue weighted by Crippen LogP contribution is -2.38. The maximum absolute atomic E-state index is 4.35. The first-order valence-corrected chi connectivity index (χ1v) is 4.59. The zero-order valence-electron chi connectivity index (χ0n) is 6.10. The highest BCUT2D eigenvalue weighted by molar-refractivity contribution is 8.13. The fourth-order valence-electron chi connectivity index (χ4n) is 1.01. The number of pyridine rings is 1. The van der Waals surface area contributed by atoms with Crippen molar-refractivity contribution >= 4 is 16.9 Å². The quantitative estimate of drug-likeness (QED) is 0.522. The Morgan fingerprint density at radius 2 is 2.09 bits per heavy atom. The van der Waals surface area contributed by atoms with Gasteiger partial charge in [0, 0.05) is 5.75 Å². The lowest BCUT2D eigenvalue weighted by Gasteiger charge is -1.91. The highest BCUT2D eigenvalue weighted by atomic mass is 32.2. The van der Waals surface area contributed by atoms with E-state index in [0.29, 0.717) is 0 Å². The molecule has 0 radical (unpaired) electrons. The highest BCUT2D eigenvalue weighted by Gasteiger charge is 2.17. The molecule has 11 heavy (non-hydrogen) atoms. The van der Waals surface area contributed by atoms with Crippen LogP contribution in [0.4, 0.5) is 0 Å². The fourth-order valence-corrected chi connectivity index (χ4v) is 1.82. The second kappa shape index (κ2) is 3.05. The van der Waals surface area contributed by atoms with Crippen LogP contribution in [0.15, 0.2) is 35.6 Å². The first-order chi connectivity index (χ1) is 5.47. The Morgan fingerprint density at radius 3 is 2.73 bits per heavy atom. The van der Waals surface area contributed by atoms with Crippen LogP contribution < -0.4 is 4.57 Å². The van der Waals surface area contributed by atoms with Gasteiger partial charge in [0.2, 0.25) is 0 Å². The van der Waals surface area contributed by atoms with E-state index in [0.717, 1.165) is 17.5 Å². The summed E-state index contributed by atoms with van der Waals surface area (Å²) in [5.74, 6) is 1.12. The van der Waals surface area contributed by atoms with E-state index in [9.17, 15) is 0 Å². The molecule has 0 N–H and O–H groups in total. The Kier molecular flexibility index (Phi) is 1.90. The number of nitrogens with zero attached hydrogens (tertiary/aromatic N) is 2. The maximum Gasteiger partial charge on any atom is 0.358 e. The molecule has 0 fully saturated rings. The first-order valence-electron chi connectivity index (χ1n) is 3.61. The third-order valence-corrected chi connectivity index (χ3v) is 2.49. The minimum Gasteiger partial charge on any atom is -0.198 e. The molecule has 2 rings (SSSR count). The summed E-state index contributed by atoms with van der Waals surface area (Å²) in [7, 11) is 0. The lowest BCUT2D eigenvalue weighted by atomic mass is 10.5. The number of rotatable bonds is 0. The lowest BCUT2D eigenvalue weighted by molar-refractivity contribution is -0.549. The monoisotopic (exact) mass is 165 g/mol. The molecule has 0 spiro atoms. The number of hydrogen-bond acceptors (Lipinski definition) is 2. The van der Waals surface area contributed by atoms with Crippen molar-refractivity contribution in [3.8, 4) is 0 Å². The Balaban J connectivity index is 2.29. The van der Waals surface area contributed by atoms with Crippen LogP contribution in [0, 0.1) is 0 Å². The largest absolute Gasteiger partial charge is 0.358 e. The maximum atomic E-state index is 4.35. The van der Waals surface area contributed by atoms with Crippen LogP contribution in [-0.4, -0.2) is 17.5 Å². The van der Waals surface area contributed by atoms with E-state index in [1.807, 2.05) is 42.4 Å². The molecule has 0 saturated heterocycles. The second-order valence-corrected chi connectivity index (χ2v) is 3.36. The molecule has 1 aliphatic rings. The molecule has 0 atom stereocenters. The van der Waals surface area contributed by atoms with E-state index in [4.69, 9.17) is 0 Å². The van der Waals surface area contributed by atoms with Crippen molar-refractivity contribution in [1.29, 1.82) is 0 Å². The molecule has 1 aromatic heterocycles. The average Bonchev–Trinajstić information content (AvgIpc) is 2.58. The van der Waals surface area contributed by atoms with Gasteiger partial charge in [-0.2, -0.15) is 4.57 Å². The highest BCUT2D eigenvalue weighted by Crippen LogP contribution is 2.07. The molecular weight excluding hydrogens is 156 g/mol. The summed E-state index contributed by atoms with van der Waals surface area (Å²) in [5, 5.41) is 1.12. The minimum absolute atomic E-state index is 0.960. The van der Waals surface area contributed by atoms with Crippen LogP contribution in [0.1, 0.15) is 0 Å². The normalized spacial score (nSPS) is 16.5. The van der Waals surface area contributed by atoms with Crippen LogP contribution in [0.3, 0.4) is 0 Å². The minimum atomic E-state index is 0.960. The molecule has 1 aliphatic heterocycles. The van der Waals surface area contributed by atoms with Crippen LogP contribution in [0.5, 0.6) is 0 Å². The topological polar surface area (TPSA) is 16.2 Å². The molecule has 2 nitrogen and oxygen atoms in total. The van der Waals surface area contributed by atoms with Gasteiger partial charge in [0.1, 0.15) is 6.54 Å². The van der Waals surface area contributed by atoms with E-state index in [-0.39, 0.29) is 0 Å². The van der Waals surface area contributed by atoms with Crippen molar-refractivity contribution in [1.82, 2.24) is 0 Å². The van der Waals surface area contributed by atoms with E-state index in [2.05, 4.69) is 9.56 Å². The van der Waals surface area contributed by atoms with Crippen molar-refractivity contribution in [3.63, 3.8) is 0 Å². The van der Waals surface area contributed by atoms with Gasteiger partial charge in [0.05, 0.1) is 12.4 Å². The molecule has 0 aromatic carbocycles. The molecule has 0 unspecified atom stereocenters. The molecule has 3 heteroatoms. The van der Waals surface area contributed by atoms with Crippen LogP contribution in [0.25, 0.3) is 0 Å². The van der Waals surface area contributed by atoms with Crippen LogP contribution >= 0.6 is 11.8 Å². The van der Waals surface area contributed by atoms with Gasteiger partial charge in [-0.25, -0.2) is 0 Å². The Hall–Kier alpha value is -0.830. The number of thioether (sulfide) groups is 1. The molecule has 1 aromatic rings. The summed E-state index contributed by atoms with van der Waals surface area (Å²) in [4.78, 5) is 4.35. The van der Waals surface area contributed by atoms with Gasteiger partial charge in [-0.1, -0.05) is 11.1 Å². The Bertz CT molecular complexity index is 269. The van der Waals surface area contributed by atoms with Gasteiger partial charge >= 0.3 is 5.17 Å². The summed E-state index contributed by atoms with van der Waals surface area (Å²) in [6.45, 7) is 0.960. The molecule has 56 valence electrons. The molecule has 0 amide bonds. The molecule has 0 aliphatic carbocycles. The van der Waals surface area contributed by atoms with Gasteiger partial charge in [0.15, 0.2) is 0 Å². The SMILES string of the molecule is c1cc[n+](C2=NCCS2)cc1. The van der Waals surface area contributed by atoms with Crippen molar-refractivity contribution < 1.29 is 4.57 Å². The molecular formula is C8H9N2S+. The number of aliphatic imine (C=N–C) groups is 1. The van der Waals surface area contributed by atoms with E-state index < -0.39 is 0 Å². The van der Waals surface area contributed by atoms with Crippen LogP contribution in [-0.2, 0) is 0 Å². The fraction of sp³-hybridized carbons (Fsp3) is 0.250. The van der Waals surface area contributed by atoms with Crippen molar-refractivity contribution in [2.45, 2.75) is 0 Å². The first kappa shape index (κ1) is 6.85. The van der Waals surface area contributed by atoms with Gasteiger partial charge in [-0.3, -0.25) is 0 Å². The molecule has 0 bridgehead atoms. The Labute approximate surface area is 70.0 Å². The smallest absolute Gasteiger partial charge is 0.198 e. The average molecular weight is 165 g/mol. The second-order valence-electron chi connectivity index (χ2n) is 2.30. The summed E-state index contributed by atoms with van der Waals surface area (Å²) >= 11 is 1.81. The number of hydrogen-bond donors (Lipinski definition) is 0. The van der Waals surface area contributed by atoms with Gasteiger partial charge in [0.25, 0.3) is 0 Å². The van der Waals surface area contributed by atoms with Crippen molar-refractivity contribution in [2.24, 2.45) is 4.99 Å². The van der Waals surface area contributed by atoms with Crippen molar-refractivity contribution in [3.05, 3.63) is 30.6 Å². The van der Waals surface area contributed by atoms with Gasteiger partial charge in [-0.15, -0.1) is 0 Å². The third-order valence-electron chi connectivity index (χ3n) is 1.51. The zero-order chi connectivity index (χ0) is 7.52. The van der Waals surface area contributed by atoms with E-state index in [1.165, 1.54) is 0 Å². The predicted octanol–water partition coefficient (Wildman–Crippen LogP) is 0.925. The standard InChI is InChI=1S/C8H9N2S/c1-2-5-10(6-3-1)8-9-4-7-11-8/h1-3,5-6H,4,7H2/q+1. The summed E-state index contributed by atoms with van der Waals surface area (Å²) in [5.41, 5.74) is 0. The Morgan fingerprint density at radius 1 is 1.27 bits per heavy atom. The third kappa shape index (κ3) is 1.43. The van der Waals surface area contributed by atoms with Gasteiger partial charge in [-0.05, 0) is 23.9 Å². The summed E-state index contributed by atoms with van der Waals surface area (Å²) in [6, 6.07) is 6.04. The zero-order valence-corrected chi connectivity index (χ0v) is 6.92. The van der Waals surface area contributed by atoms with E-state index in [1.54, 1.807) is 0 Å². The predicted molar refractivity (Wildman–Crippen MR) is 46.8 cm³/mol. The van der Waals surface area contributed by atoms with Crippen LogP contribution in [0.2, 0.25) is 0 Å². The molecule has 0 saturated carbocycles. The van der Waals surface area contributed by atoms with Crippen molar-refractivity contribution in [2.75, 3.05) is 12.3 Å².